The number of aryl methyl sites for hydroxylation is 2. The van der Waals surface area contributed by atoms with E-state index in [1.54, 1.807) is 18.3 Å². The van der Waals surface area contributed by atoms with Gasteiger partial charge in [0.05, 0.1) is 17.3 Å². The average Bonchev–Trinajstić information content (AvgIpc) is 3.23. The average molecular weight is 384 g/mol. The van der Waals surface area contributed by atoms with Crippen molar-refractivity contribution < 1.29 is 4.39 Å². The third-order valence-corrected chi connectivity index (χ3v) is 4.81. The molecular formula is C20H19ClFN5. The summed E-state index contributed by atoms with van der Waals surface area (Å²) in [4.78, 5) is 9.09. The number of nitrogens with zero attached hydrogens (tertiary/aromatic N) is 5. The number of fused-ring (bicyclic) bond motifs is 1. The van der Waals surface area contributed by atoms with Gasteiger partial charge in [-0.25, -0.2) is 18.9 Å². The van der Waals surface area contributed by atoms with Crippen molar-refractivity contribution in [1.82, 2.24) is 24.1 Å². The number of hydrogen-bond acceptors (Lipinski definition) is 3. The monoisotopic (exact) mass is 383 g/mol. The summed E-state index contributed by atoms with van der Waals surface area (Å²) in [6, 6.07) is 6.58. The Morgan fingerprint density at radius 1 is 1.19 bits per heavy atom. The van der Waals surface area contributed by atoms with Crippen molar-refractivity contribution in [3.8, 4) is 11.4 Å². The summed E-state index contributed by atoms with van der Waals surface area (Å²) in [5, 5.41) is 4.82. The van der Waals surface area contributed by atoms with Gasteiger partial charge in [-0.1, -0.05) is 24.9 Å². The molecule has 0 saturated carbocycles. The lowest BCUT2D eigenvalue weighted by atomic mass is 10.1. The lowest BCUT2D eigenvalue weighted by Crippen LogP contribution is -2.04. The van der Waals surface area contributed by atoms with E-state index in [9.17, 15) is 4.39 Å². The van der Waals surface area contributed by atoms with Crippen molar-refractivity contribution in [3.05, 3.63) is 70.6 Å². The van der Waals surface area contributed by atoms with E-state index in [0.29, 0.717) is 6.54 Å². The quantitative estimate of drug-likeness (QED) is 0.502. The molecule has 0 aliphatic carbocycles. The van der Waals surface area contributed by atoms with Gasteiger partial charge in [-0.15, -0.1) is 0 Å². The molecule has 0 aliphatic rings. The van der Waals surface area contributed by atoms with E-state index in [4.69, 9.17) is 16.7 Å². The van der Waals surface area contributed by atoms with Crippen molar-refractivity contribution in [2.75, 3.05) is 0 Å². The molecule has 4 rings (SSSR count). The molecular weight excluding hydrogens is 365 g/mol. The van der Waals surface area contributed by atoms with Crippen molar-refractivity contribution in [2.24, 2.45) is 0 Å². The first kappa shape index (κ1) is 17.7. The van der Waals surface area contributed by atoms with Gasteiger partial charge in [0.25, 0.3) is 0 Å². The van der Waals surface area contributed by atoms with Gasteiger partial charge in [0.15, 0.2) is 5.65 Å². The van der Waals surface area contributed by atoms with Crippen molar-refractivity contribution in [1.29, 1.82) is 0 Å². The number of halogens is 2. The third-order valence-electron chi connectivity index (χ3n) is 4.52. The molecule has 5 nitrogen and oxygen atoms in total. The maximum Gasteiger partial charge on any atom is 0.158 e. The van der Waals surface area contributed by atoms with Crippen LogP contribution >= 0.6 is 11.6 Å². The highest BCUT2D eigenvalue weighted by Gasteiger charge is 2.16. The van der Waals surface area contributed by atoms with E-state index in [-0.39, 0.29) is 5.02 Å². The zero-order valence-electron chi connectivity index (χ0n) is 15.2. The Morgan fingerprint density at radius 3 is 2.81 bits per heavy atom. The molecule has 27 heavy (non-hydrogen) atoms. The standard InChI is InChI=1S/C20H19ClFN5/c1-3-4-15-18(25-27-9-7-13(2)24-20(15)27)12-26-10-8-23-19(26)14-5-6-17(22)16(21)11-14/h5-11H,3-4,12H2,1-2H3. The van der Waals surface area contributed by atoms with Crippen LogP contribution in [0.25, 0.3) is 17.0 Å². The number of hydrogen-bond donors (Lipinski definition) is 0. The molecule has 3 heterocycles. The summed E-state index contributed by atoms with van der Waals surface area (Å²) in [6.07, 6.45) is 7.47. The molecule has 3 aromatic heterocycles. The summed E-state index contributed by atoms with van der Waals surface area (Å²) in [7, 11) is 0. The Balaban J connectivity index is 1.76. The molecule has 0 N–H and O–H groups in total. The van der Waals surface area contributed by atoms with Crippen LogP contribution in [0.5, 0.6) is 0 Å². The second kappa shape index (κ2) is 7.12. The summed E-state index contributed by atoms with van der Waals surface area (Å²) in [6.45, 7) is 4.68. The Bertz CT molecular complexity index is 1110. The summed E-state index contributed by atoms with van der Waals surface area (Å²) in [5.41, 5.74) is 4.75. The lowest BCUT2D eigenvalue weighted by molar-refractivity contribution is 0.628. The zero-order chi connectivity index (χ0) is 19.0. The van der Waals surface area contributed by atoms with Crippen LogP contribution in [0.1, 0.15) is 30.3 Å². The molecule has 0 amide bonds. The maximum atomic E-state index is 13.5. The fourth-order valence-corrected chi connectivity index (χ4v) is 3.42. The highest BCUT2D eigenvalue weighted by molar-refractivity contribution is 6.31. The normalized spacial score (nSPS) is 11.4. The number of aromatic nitrogens is 5. The van der Waals surface area contributed by atoms with Crippen LogP contribution in [-0.2, 0) is 13.0 Å². The topological polar surface area (TPSA) is 48.0 Å². The molecule has 0 aliphatic heterocycles. The Morgan fingerprint density at radius 2 is 2.04 bits per heavy atom. The molecule has 0 radical (unpaired) electrons. The molecule has 0 saturated heterocycles. The lowest BCUT2D eigenvalue weighted by Gasteiger charge is -2.08. The van der Waals surface area contributed by atoms with Gasteiger partial charge in [-0.3, -0.25) is 0 Å². The van der Waals surface area contributed by atoms with E-state index in [0.717, 1.165) is 46.8 Å². The molecule has 0 unspecified atom stereocenters. The van der Waals surface area contributed by atoms with Crippen LogP contribution in [0.4, 0.5) is 4.39 Å². The summed E-state index contributed by atoms with van der Waals surface area (Å²) in [5.74, 6) is 0.283. The van der Waals surface area contributed by atoms with Crippen molar-refractivity contribution in [3.63, 3.8) is 0 Å². The van der Waals surface area contributed by atoms with Crippen LogP contribution < -0.4 is 0 Å². The first-order valence-corrected chi connectivity index (χ1v) is 9.25. The Kier molecular flexibility index (Phi) is 4.66. The minimum Gasteiger partial charge on any atom is -0.325 e. The predicted octanol–water partition coefficient (Wildman–Crippen LogP) is 4.69. The van der Waals surface area contributed by atoms with E-state index in [1.807, 2.05) is 34.5 Å². The van der Waals surface area contributed by atoms with Crippen LogP contribution in [-0.4, -0.2) is 24.1 Å². The molecule has 1 aromatic carbocycles. The first-order chi connectivity index (χ1) is 13.1. The van der Waals surface area contributed by atoms with Crippen LogP contribution in [0.3, 0.4) is 0 Å². The predicted molar refractivity (Wildman–Crippen MR) is 103 cm³/mol. The largest absolute Gasteiger partial charge is 0.325 e. The van der Waals surface area contributed by atoms with Crippen LogP contribution in [0, 0.1) is 12.7 Å². The molecule has 0 atom stereocenters. The smallest absolute Gasteiger partial charge is 0.158 e. The molecule has 0 spiro atoms. The van der Waals surface area contributed by atoms with E-state index in [2.05, 4.69) is 16.9 Å². The Hall–Kier alpha value is -2.73. The number of rotatable bonds is 5. The van der Waals surface area contributed by atoms with Gasteiger partial charge in [0, 0.05) is 35.4 Å². The summed E-state index contributed by atoms with van der Waals surface area (Å²) < 4.78 is 17.3. The summed E-state index contributed by atoms with van der Waals surface area (Å²) >= 11 is 5.94. The first-order valence-electron chi connectivity index (χ1n) is 8.87. The second-order valence-corrected chi connectivity index (χ2v) is 6.93. The Labute approximate surface area is 161 Å². The van der Waals surface area contributed by atoms with Gasteiger partial charge < -0.3 is 4.57 Å². The SMILES string of the molecule is CCCc1c(Cn2ccnc2-c2ccc(F)c(Cl)c2)nn2ccc(C)nc12. The van der Waals surface area contributed by atoms with Gasteiger partial charge in [0.1, 0.15) is 11.6 Å². The minimum absolute atomic E-state index is 0.0844. The second-order valence-electron chi connectivity index (χ2n) is 6.52. The van der Waals surface area contributed by atoms with Gasteiger partial charge in [-0.05, 0) is 37.6 Å². The number of benzene rings is 1. The third kappa shape index (κ3) is 3.32. The van der Waals surface area contributed by atoms with E-state index in [1.165, 1.54) is 6.07 Å². The van der Waals surface area contributed by atoms with Crippen LogP contribution in [0.15, 0.2) is 42.9 Å². The highest BCUT2D eigenvalue weighted by atomic mass is 35.5. The van der Waals surface area contributed by atoms with Crippen molar-refractivity contribution >= 4 is 17.2 Å². The number of imidazole rings is 1. The molecule has 0 fully saturated rings. The van der Waals surface area contributed by atoms with Crippen molar-refractivity contribution in [2.45, 2.75) is 33.2 Å². The van der Waals surface area contributed by atoms with Gasteiger partial charge in [-0.2, -0.15) is 5.10 Å². The molecule has 4 aromatic rings. The highest BCUT2D eigenvalue weighted by Crippen LogP contribution is 2.25. The maximum absolute atomic E-state index is 13.5. The molecule has 0 bridgehead atoms. The van der Waals surface area contributed by atoms with E-state index >= 15 is 0 Å². The fraction of sp³-hybridized carbons (Fsp3) is 0.250. The zero-order valence-corrected chi connectivity index (χ0v) is 15.9. The minimum atomic E-state index is -0.439. The van der Waals surface area contributed by atoms with E-state index < -0.39 is 5.82 Å². The van der Waals surface area contributed by atoms with Gasteiger partial charge >= 0.3 is 0 Å². The molecule has 138 valence electrons. The molecule has 7 heteroatoms. The van der Waals surface area contributed by atoms with Gasteiger partial charge in [0.2, 0.25) is 0 Å². The fourth-order valence-electron chi connectivity index (χ4n) is 3.24. The van der Waals surface area contributed by atoms with Crippen LogP contribution in [0.2, 0.25) is 5.02 Å².